The lowest BCUT2D eigenvalue weighted by atomic mass is 9.94. The molecule has 2 aromatic carbocycles. The zero-order chi connectivity index (χ0) is 18.1. The number of nitrogens with one attached hydrogen (secondary N) is 1. The van der Waals surface area contributed by atoms with Gasteiger partial charge in [0, 0.05) is 34.5 Å². The largest absolute Gasteiger partial charge is 0.354 e. The number of benzene rings is 2. The molecule has 2 heterocycles. The number of carbonyl (C=O) groups excluding carboxylic acids is 3. The van der Waals surface area contributed by atoms with Gasteiger partial charge in [-0.2, -0.15) is 0 Å². The van der Waals surface area contributed by atoms with Crippen LogP contribution in [0.1, 0.15) is 25.6 Å². The van der Waals surface area contributed by atoms with Gasteiger partial charge in [0.15, 0.2) is 0 Å². The molecule has 0 bridgehead atoms. The first-order valence-corrected chi connectivity index (χ1v) is 9.20. The number of rotatable bonds is 5. The van der Waals surface area contributed by atoms with Gasteiger partial charge in [-0.3, -0.25) is 19.3 Å². The average molecular weight is 364 g/mol. The van der Waals surface area contributed by atoms with E-state index >= 15 is 0 Å². The summed E-state index contributed by atoms with van der Waals surface area (Å²) in [5.41, 5.74) is 1.06. The quantitative estimate of drug-likeness (QED) is 0.708. The molecule has 0 saturated carbocycles. The zero-order valence-electron chi connectivity index (χ0n) is 13.9. The first-order valence-electron chi connectivity index (χ1n) is 8.32. The molecule has 0 aliphatic carbocycles. The Labute approximate surface area is 154 Å². The van der Waals surface area contributed by atoms with Crippen LogP contribution in [0, 0.1) is 0 Å². The van der Waals surface area contributed by atoms with Crippen molar-refractivity contribution in [1.82, 2.24) is 10.2 Å². The summed E-state index contributed by atoms with van der Waals surface area (Å²) in [6.07, 6.45) is 0.307. The summed E-state index contributed by atoms with van der Waals surface area (Å²) in [5.74, 6) is -0.745. The smallest absolute Gasteiger partial charge is 0.261 e. The van der Waals surface area contributed by atoms with E-state index in [-0.39, 0.29) is 30.8 Å². The highest BCUT2D eigenvalue weighted by atomic mass is 32.1. The highest BCUT2D eigenvalue weighted by Gasteiger charge is 2.32. The van der Waals surface area contributed by atoms with Gasteiger partial charge in [-0.1, -0.05) is 30.3 Å². The summed E-state index contributed by atoms with van der Waals surface area (Å²) in [5, 5.41) is 6.29. The summed E-state index contributed by atoms with van der Waals surface area (Å²) in [6, 6.07) is 14.7. The Balaban J connectivity index is 1.47. The van der Waals surface area contributed by atoms with Crippen LogP contribution < -0.4 is 5.32 Å². The van der Waals surface area contributed by atoms with Crippen LogP contribution in [0.2, 0.25) is 0 Å². The van der Waals surface area contributed by atoms with Crippen molar-refractivity contribution >= 4 is 39.8 Å². The number of nitrogens with zero attached hydrogens (tertiary/aromatic N) is 1. The SMILES string of the molecule is O=C(Cc1cccs1)NCCN1C(=O)c2cccc3cccc(c23)C1=O. The molecule has 5 nitrogen and oxygen atoms in total. The van der Waals surface area contributed by atoms with Crippen molar-refractivity contribution in [3.05, 3.63) is 69.9 Å². The van der Waals surface area contributed by atoms with Crippen molar-refractivity contribution in [3.8, 4) is 0 Å². The second kappa shape index (κ2) is 6.72. The third-order valence-corrected chi connectivity index (χ3v) is 5.30. The van der Waals surface area contributed by atoms with Crippen molar-refractivity contribution in [3.63, 3.8) is 0 Å². The van der Waals surface area contributed by atoms with Crippen LogP contribution in [0.5, 0.6) is 0 Å². The molecule has 3 aromatic rings. The van der Waals surface area contributed by atoms with Crippen molar-refractivity contribution in [2.75, 3.05) is 13.1 Å². The Morgan fingerprint density at radius 3 is 2.27 bits per heavy atom. The van der Waals surface area contributed by atoms with E-state index in [0.29, 0.717) is 22.9 Å². The summed E-state index contributed by atoms with van der Waals surface area (Å²) < 4.78 is 0. The molecule has 1 aromatic heterocycles. The predicted molar refractivity (Wildman–Crippen MR) is 100 cm³/mol. The van der Waals surface area contributed by atoms with Gasteiger partial charge in [0.1, 0.15) is 0 Å². The standard InChI is InChI=1S/C20H16N2O3S/c23-17(12-14-6-3-11-26-14)21-9-10-22-19(24)15-7-1-4-13-5-2-8-16(18(13)15)20(22)25/h1-8,11H,9-10,12H2,(H,21,23). The van der Waals surface area contributed by atoms with Crippen molar-refractivity contribution in [2.45, 2.75) is 6.42 Å². The fraction of sp³-hybridized carbons (Fsp3) is 0.150. The molecule has 26 heavy (non-hydrogen) atoms. The number of carbonyl (C=O) groups is 3. The predicted octanol–water partition coefficient (Wildman–Crippen LogP) is 2.86. The maximum absolute atomic E-state index is 12.7. The first-order chi connectivity index (χ1) is 12.6. The van der Waals surface area contributed by atoms with Gasteiger partial charge >= 0.3 is 0 Å². The maximum atomic E-state index is 12.7. The maximum Gasteiger partial charge on any atom is 0.261 e. The van der Waals surface area contributed by atoms with Gasteiger partial charge < -0.3 is 5.32 Å². The van der Waals surface area contributed by atoms with Crippen molar-refractivity contribution < 1.29 is 14.4 Å². The molecule has 0 fully saturated rings. The second-order valence-corrected chi connectivity index (χ2v) is 7.11. The van der Waals surface area contributed by atoms with Crippen LogP contribution in [0.4, 0.5) is 0 Å². The van der Waals surface area contributed by atoms with Gasteiger partial charge in [0.2, 0.25) is 5.91 Å². The van der Waals surface area contributed by atoms with Crippen LogP contribution in [-0.4, -0.2) is 35.7 Å². The molecular formula is C20H16N2O3S. The van der Waals surface area contributed by atoms with E-state index in [1.807, 2.05) is 41.8 Å². The molecular weight excluding hydrogens is 348 g/mol. The third kappa shape index (κ3) is 2.88. The first kappa shape index (κ1) is 16.5. The summed E-state index contributed by atoms with van der Waals surface area (Å²) >= 11 is 1.52. The molecule has 0 unspecified atom stereocenters. The number of imide groups is 1. The Morgan fingerprint density at radius 1 is 0.962 bits per heavy atom. The van der Waals surface area contributed by atoms with Crippen LogP contribution in [0.3, 0.4) is 0 Å². The highest BCUT2D eigenvalue weighted by Crippen LogP contribution is 2.29. The topological polar surface area (TPSA) is 66.5 Å². The fourth-order valence-corrected chi connectivity index (χ4v) is 3.93. The molecule has 1 N–H and O–H groups in total. The van der Waals surface area contributed by atoms with E-state index in [2.05, 4.69) is 5.32 Å². The van der Waals surface area contributed by atoms with E-state index in [0.717, 1.165) is 10.3 Å². The van der Waals surface area contributed by atoms with Gasteiger partial charge in [-0.15, -0.1) is 11.3 Å². The number of thiophene rings is 1. The number of hydrogen-bond acceptors (Lipinski definition) is 4. The fourth-order valence-electron chi connectivity index (χ4n) is 3.22. The van der Waals surface area contributed by atoms with Gasteiger partial charge in [0.25, 0.3) is 11.8 Å². The van der Waals surface area contributed by atoms with E-state index in [9.17, 15) is 14.4 Å². The second-order valence-electron chi connectivity index (χ2n) is 6.08. The van der Waals surface area contributed by atoms with Gasteiger partial charge in [-0.25, -0.2) is 0 Å². The van der Waals surface area contributed by atoms with Crippen molar-refractivity contribution in [2.24, 2.45) is 0 Å². The molecule has 4 rings (SSSR count). The lowest BCUT2D eigenvalue weighted by molar-refractivity contribution is -0.120. The van der Waals surface area contributed by atoms with E-state index in [4.69, 9.17) is 0 Å². The Kier molecular flexibility index (Phi) is 4.26. The third-order valence-electron chi connectivity index (χ3n) is 4.43. The molecule has 3 amide bonds. The molecule has 0 atom stereocenters. The molecule has 130 valence electrons. The van der Waals surface area contributed by atoms with Crippen LogP contribution in [0.25, 0.3) is 10.8 Å². The normalized spacial score (nSPS) is 13.3. The van der Waals surface area contributed by atoms with E-state index in [1.165, 1.54) is 16.2 Å². The van der Waals surface area contributed by atoms with Crippen molar-refractivity contribution in [1.29, 1.82) is 0 Å². The van der Waals surface area contributed by atoms with Gasteiger partial charge in [0.05, 0.1) is 6.42 Å². The van der Waals surface area contributed by atoms with E-state index < -0.39 is 0 Å². The average Bonchev–Trinajstić information content (AvgIpc) is 3.15. The van der Waals surface area contributed by atoms with E-state index in [1.54, 1.807) is 12.1 Å². The summed E-state index contributed by atoms with van der Waals surface area (Å²) in [6.45, 7) is 0.387. The Bertz CT molecular complexity index is 960. The number of hydrogen-bond donors (Lipinski definition) is 1. The minimum Gasteiger partial charge on any atom is -0.354 e. The molecule has 0 radical (unpaired) electrons. The minimum absolute atomic E-state index is 0.119. The molecule has 1 aliphatic rings. The Morgan fingerprint density at radius 2 is 1.65 bits per heavy atom. The van der Waals surface area contributed by atoms with Crippen LogP contribution in [-0.2, 0) is 11.2 Å². The lowest BCUT2D eigenvalue weighted by Crippen LogP contribution is -2.44. The number of amides is 3. The zero-order valence-corrected chi connectivity index (χ0v) is 14.7. The van der Waals surface area contributed by atoms with Crippen LogP contribution in [0.15, 0.2) is 53.9 Å². The minimum atomic E-state index is -0.313. The summed E-state index contributed by atoms with van der Waals surface area (Å²) in [7, 11) is 0. The molecule has 0 saturated heterocycles. The highest BCUT2D eigenvalue weighted by molar-refractivity contribution is 7.10. The van der Waals surface area contributed by atoms with Gasteiger partial charge in [-0.05, 0) is 29.0 Å². The Hall–Kier alpha value is -2.99. The van der Waals surface area contributed by atoms with Crippen LogP contribution >= 0.6 is 11.3 Å². The summed E-state index contributed by atoms with van der Waals surface area (Å²) in [4.78, 5) is 39.6. The molecule has 1 aliphatic heterocycles. The molecule has 0 spiro atoms. The monoisotopic (exact) mass is 364 g/mol. The molecule has 6 heteroatoms. The lowest BCUT2D eigenvalue weighted by Gasteiger charge is -2.27.